The third-order valence-electron chi connectivity index (χ3n) is 3.08. The first-order valence-electron chi connectivity index (χ1n) is 5.96. The maximum Gasteiger partial charge on any atom is 0.112 e. The highest BCUT2D eigenvalue weighted by Gasteiger charge is 2.16. The summed E-state index contributed by atoms with van der Waals surface area (Å²) in [4.78, 5) is 8.31. The molecule has 5 heteroatoms. The lowest BCUT2D eigenvalue weighted by Crippen LogP contribution is -2.31. The molecule has 2 aromatic rings. The highest BCUT2D eigenvalue weighted by Crippen LogP contribution is 2.19. The highest BCUT2D eigenvalue weighted by atomic mass is 15.3. The summed E-state index contributed by atoms with van der Waals surface area (Å²) in [6, 6.07) is 2.47. The minimum atomic E-state index is 0.467. The van der Waals surface area contributed by atoms with E-state index >= 15 is 0 Å². The van der Waals surface area contributed by atoms with Crippen LogP contribution in [0.25, 0.3) is 11.4 Å². The molecule has 1 aliphatic heterocycles. The molecule has 2 aromatic heterocycles. The van der Waals surface area contributed by atoms with Crippen LogP contribution in [0.4, 0.5) is 0 Å². The van der Waals surface area contributed by atoms with E-state index in [0.717, 1.165) is 24.5 Å². The molecule has 0 bridgehead atoms. The summed E-state index contributed by atoms with van der Waals surface area (Å²) in [6.07, 6.45) is 9.54. The fraction of sp³-hybridized carbons (Fsp3) is 0.417. The molecular formula is C12H15N5. The van der Waals surface area contributed by atoms with Gasteiger partial charge in [0.2, 0.25) is 0 Å². The van der Waals surface area contributed by atoms with Gasteiger partial charge in [0.05, 0.1) is 12.2 Å². The molecule has 1 aliphatic rings. The largest absolute Gasteiger partial charge is 0.315 e. The monoisotopic (exact) mass is 229 g/mol. The van der Waals surface area contributed by atoms with E-state index in [9.17, 15) is 0 Å². The van der Waals surface area contributed by atoms with E-state index in [0.29, 0.717) is 6.04 Å². The predicted octanol–water partition coefficient (Wildman–Crippen LogP) is 1.26. The van der Waals surface area contributed by atoms with Crippen LogP contribution in [-0.2, 0) is 0 Å². The number of hydrogen-bond donors (Lipinski definition) is 1. The van der Waals surface area contributed by atoms with E-state index < -0.39 is 0 Å². The summed E-state index contributed by atoms with van der Waals surface area (Å²) in [5, 5.41) is 7.97. The van der Waals surface area contributed by atoms with Crippen LogP contribution in [0.5, 0.6) is 0 Å². The molecule has 0 radical (unpaired) electrons. The maximum absolute atomic E-state index is 4.58. The number of rotatable bonds is 2. The molecule has 3 rings (SSSR count). The predicted molar refractivity (Wildman–Crippen MR) is 64.4 cm³/mol. The van der Waals surface area contributed by atoms with Gasteiger partial charge in [-0.2, -0.15) is 5.10 Å². The lowest BCUT2D eigenvalue weighted by Gasteiger charge is -2.22. The Kier molecular flexibility index (Phi) is 2.83. The van der Waals surface area contributed by atoms with Crippen molar-refractivity contribution >= 4 is 0 Å². The average Bonchev–Trinajstić information content (AvgIpc) is 2.90. The van der Waals surface area contributed by atoms with Gasteiger partial charge >= 0.3 is 0 Å². The summed E-state index contributed by atoms with van der Waals surface area (Å²) in [5.74, 6) is 0. The molecule has 1 unspecified atom stereocenters. The van der Waals surface area contributed by atoms with Crippen LogP contribution in [0.15, 0.2) is 30.9 Å². The van der Waals surface area contributed by atoms with Gasteiger partial charge in [0, 0.05) is 25.1 Å². The van der Waals surface area contributed by atoms with Crippen LogP contribution in [0.3, 0.4) is 0 Å². The second-order valence-electron chi connectivity index (χ2n) is 4.27. The van der Waals surface area contributed by atoms with E-state index in [4.69, 9.17) is 0 Å². The van der Waals surface area contributed by atoms with E-state index in [1.165, 1.54) is 12.8 Å². The molecule has 1 atom stereocenters. The summed E-state index contributed by atoms with van der Waals surface area (Å²) in [5.41, 5.74) is 1.72. The third kappa shape index (κ3) is 2.19. The van der Waals surface area contributed by atoms with Crippen molar-refractivity contribution in [2.24, 2.45) is 0 Å². The first kappa shape index (κ1) is 10.4. The standard InChI is InChI=1S/C12H15N5/c1-2-10(8-13-4-1)17-7-3-11(16-17)12-9-14-5-6-15-12/h3,5-7,9-10,13H,1-2,4,8H2. The summed E-state index contributed by atoms with van der Waals surface area (Å²) in [7, 11) is 0. The highest BCUT2D eigenvalue weighted by molar-refractivity contribution is 5.51. The molecule has 1 saturated heterocycles. The second kappa shape index (κ2) is 4.63. The zero-order valence-electron chi connectivity index (χ0n) is 9.58. The molecule has 88 valence electrons. The molecule has 1 N–H and O–H groups in total. The van der Waals surface area contributed by atoms with Crippen molar-refractivity contribution in [3.63, 3.8) is 0 Å². The molecule has 0 aliphatic carbocycles. The van der Waals surface area contributed by atoms with Gasteiger partial charge in [0.25, 0.3) is 0 Å². The van der Waals surface area contributed by atoms with Crippen LogP contribution in [-0.4, -0.2) is 32.8 Å². The Bertz CT molecular complexity index is 473. The Balaban J connectivity index is 1.83. The van der Waals surface area contributed by atoms with Crippen molar-refractivity contribution < 1.29 is 0 Å². The fourth-order valence-corrected chi connectivity index (χ4v) is 2.17. The van der Waals surface area contributed by atoms with Crippen molar-refractivity contribution in [1.29, 1.82) is 0 Å². The molecule has 0 amide bonds. The molecule has 5 nitrogen and oxygen atoms in total. The van der Waals surface area contributed by atoms with Gasteiger partial charge in [-0.1, -0.05) is 0 Å². The minimum Gasteiger partial charge on any atom is -0.315 e. The van der Waals surface area contributed by atoms with Crippen LogP contribution < -0.4 is 5.32 Å². The van der Waals surface area contributed by atoms with Crippen LogP contribution in [0.1, 0.15) is 18.9 Å². The molecule has 0 spiro atoms. The van der Waals surface area contributed by atoms with Crippen molar-refractivity contribution in [2.45, 2.75) is 18.9 Å². The Labute approximate surface area is 99.9 Å². The van der Waals surface area contributed by atoms with Crippen molar-refractivity contribution in [1.82, 2.24) is 25.1 Å². The van der Waals surface area contributed by atoms with Gasteiger partial charge in [-0.25, -0.2) is 0 Å². The van der Waals surface area contributed by atoms with Gasteiger partial charge in [-0.05, 0) is 25.5 Å². The first-order valence-corrected chi connectivity index (χ1v) is 5.96. The van der Waals surface area contributed by atoms with Crippen LogP contribution in [0.2, 0.25) is 0 Å². The maximum atomic E-state index is 4.58. The summed E-state index contributed by atoms with van der Waals surface area (Å²) < 4.78 is 2.04. The number of nitrogens with zero attached hydrogens (tertiary/aromatic N) is 4. The van der Waals surface area contributed by atoms with Crippen molar-refractivity contribution in [3.05, 3.63) is 30.9 Å². The number of piperidine rings is 1. The zero-order chi connectivity index (χ0) is 11.5. The molecule has 0 saturated carbocycles. The normalized spacial score (nSPS) is 20.4. The van der Waals surface area contributed by atoms with Gasteiger partial charge < -0.3 is 5.32 Å². The lowest BCUT2D eigenvalue weighted by atomic mass is 10.1. The Morgan fingerprint density at radius 3 is 3.06 bits per heavy atom. The topological polar surface area (TPSA) is 55.6 Å². The van der Waals surface area contributed by atoms with E-state index in [1.807, 2.05) is 16.9 Å². The van der Waals surface area contributed by atoms with E-state index in [-0.39, 0.29) is 0 Å². The van der Waals surface area contributed by atoms with Crippen LogP contribution in [0, 0.1) is 0 Å². The van der Waals surface area contributed by atoms with E-state index in [1.54, 1.807) is 18.6 Å². The number of aromatic nitrogens is 4. The first-order chi connectivity index (χ1) is 8.43. The van der Waals surface area contributed by atoms with Gasteiger partial charge in [-0.3, -0.25) is 14.6 Å². The Hall–Kier alpha value is -1.75. The summed E-state index contributed by atoms with van der Waals surface area (Å²) >= 11 is 0. The molecule has 1 fully saturated rings. The summed E-state index contributed by atoms with van der Waals surface area (Å²) in [6.45, 7) is 2.12. The average molecular weight is 229 g/mol. The Morgan fingerprint density at radius 1 is 1.29 bits per heavy atom. The molecular weight excluding hydrogens is 214 g/mol. The molecule has 0 aromatic carbocycles. The second-order valence-corrected chi connectivity index (χ2v) is 4.27. The van der Waals surface area contributed by atoms with Crippen LogP contribution >= 0.6 is 0 Å². The minimum absolute atomic E-state index is 0.467. The number of nitrogens with one attached hydrogen (secondary N) is 1. The quantitative estimate of drug-likeness (QED) is 0.842. The van der Waals surface area contributed by atoms with Gasteiger partial charge in [0.15, 0.2) is 0 Å². The smallest absolute Gasteiger partial charge is 0.112 e. The van der Waals surface area contributed by atoms with E-state index in [2.05, 4.69) is 20.4 Å². The zero-order valence-corrected chi connectivity index (χ0v) is 9.58. The number of hydrogen-bond acceptors (Lipinski definition) is 4. The fourth-order valence-electron chi connectivity index (χ4n) is 2.17. The molecule has 3 heterocycles. The molecule has 17 heavy (non-hydrogen) atoms. The lowest BCUT2D eigenvalue weighted by molar-refractivity contribution is 0.347. The van der Waals surface area contributed by atoms with Gasteiger partial charge in [-0.15, -0.1) is 0 Å². The Morgan fingerprint density at radius 2 is 2.29 bits per heavy atom. The third-order valence-corrected chi connectivity index (χ3v) is 3.08. The SMILES string of the molecule is c1cnc(-c2ccn(C3CCCNC3)n2)cn1. The van der Waals surface area contributed by atoms with Gasteiger partial charge in [0.1, 0.15) is 11.4 Å². The van der Waals surface area contributed by atoms with Crippen molar-refractivity contribution in [3.8, 4) is 11.4 Å². The van der Waals surface area contributed by atoms with Crippen molar-refractivity contribution in [2.75, 3.05) is 13.1 Å².